The highest BCUT2D eigenvalue weighted by atomic mass is 16.6. The number of nitro groups is 1. The minimum absolute atomic E-state index is 0.0779. The SMILES string of the molecule is C=CCOc1ccc(NC(=O)c2ccc(C)c([N+](=O)[O-])c2)cc1. The van der Waals surface area contributed by atoms with Crippen molar-refractivity contribution in [3.63, 3.8) is 0 Å². The molecule has 1 N–H and O–H groups in total. The molecule has 1 amide bonds. The summed E-state index contributed by atoms with van der Waals surface area (Å²) in [6.07, 6.45) is 1.64. The number of rotatable bonds is 6. The lowest BCUT2D eigenvalue weighted by Gasteiger charge is -2.08. The molecule has 6 heteroatoms. The third-order valence-electron chi connectivity index (χ3n) is 3.15. The maximum atomic E-state index is 12.2. The second-order valence-electron chi connectivity index (χ2n) is 4.84. The lowest BCUT2D eigenvalue weighted by atomic mass is 10.1. The van der Waals surface area contributed by atoms with Gasteiger partial charge in [0.05, 0.1) is 4.92 Å². The third kappa shape index (κ3) is 4.16. The number of benzene rings is 2. The van der Waals surface area contributed by atoms with Gasteiger partial charge in [0.25, 0.3) is 11.6 Å². The second-order valence-corrected chi connectivity index (χ2v) is 4.84. The Morgan fingerprint density at radius 3 is 2.61 bits per heavy atom. The van der Waals surface area contributed by atoms with E-state index < -0.39 is 10.8 Å². The van der Waals surface area contributed by atoms with Gasteiger partial charge in [-0.05, 0) is 37.3 Å². The summed E-state index contributed by atoms with van der Waals surface area (Å²) in [5.74, 6) is 0.252. The van der Waals surface area contributed by atoms with E-state index in [1.165, 1.54) is 6.07 Å². The van der Waals surface area contributed by atoms with Gasteiger partial charge in [0.15, 0.2) is 0 Å². The molecule has 6 nitrogen and oxygen atoms in total. The zero-order valence-electron chi connectivity index (χ0n) is 12.6. The quantitative estimate of drug-likeness (QED) is 0.500. The van der Waals surface area contributed by atoms with Crippen molar-refractivity contribution in [2.75, 3.05) is 11.9 Å². The molecule has 2 aromatic rings. The van der Waals surface area contributed by atoms with Crippen LogP contribution in [-0.4, -0.2) is 17.4 Å². The highest BCUT2D eigenvalue weighted by Gasteiger charge is 2.15. The average molecular weight is 312 g/mol. The van der Waals surface area contributed by atoms with Crippen LogP contribution in [0.2, 0.25) is 0 Å². The van der Waals surface area contributed by atoms with Crippen LogP contribution in [0.3, 0.4) is 0 Å². The van der Waals surface area contributed by atoms with Gasteiger partial charge in [0.2, 0.25) is 0 Å². The summed E-state index contributed by atoms with van der Waals surface area (Å²) < 4.78 is 5.35. The molecule has 0 spiro atoms. The van der Waals surface area contributed by atoms with Crippen LogP contribution in [0.1, 0.15) is 15.9 Å². The van der Waals surface area contributed by atoms with Gasteiger partial charge < -0.3 is 10.1 Å². The number of nitrogens with zero attached hydrogens (tertiary/aromatic N) is 1. The van der Waals surface area contributed by atoms with Crippen molar-refractivity contribution in [1.29, 1.82) is 0 Å². The van der Waals surface area contributed by atoms with E-state index in [9.17, 15) is 14.9 Å². The number of hydrogen-bond acceptors (Lipinski definition) is 4. The smallest absolute Gasteiger partial charge is 0.273 e. The van der Waals surface area contributed by atoms with Crippen LogP contribution in [0.5, 0.6) is 5.75 Å². The van der Waals surface area contributed by atoms with Crippen molar-refractivity contribution in [2.45, 2.75) is 6.92 Å². The number of amides is 1. The molecule has 118 valence electrons. The molecule has 0 aliphatic carbocycles. The van der Waals surface area contributed by atoms with E-state index in [1.807, 2.05) is 0 Å². The highest BCUT2D eigenvalue weighted by Crippen LogP contribution is 2.21. The molecule has 0 fully saturated rings. The summed E-state index contributed by atoms with van der Waals surface area (Å²) >= 11 is 0. The Morgan fingerprint density at radius 2 is 2.00 bits per heavy atom. The average Bonchev–Trinajstić information content (AvgIpc) is 2.54. The lowest BCUT2D eigenvalue weighted by molar-refractivity contribution is -0.385. The molecule has 0 aliphatic heterocycles. The van der Waals surface area contributed by atoms with Gasteiger partial charge in [-0.25, -0.2) is 0 Å². The molecular formula is C17H16N2O4. The fourth-order valence-electron chi connectivity index (χ4n) is 1.94. The fourth-order valence-corrected chi connectivity index (χ4v) is 1.94. The van der Waals surface area contributed by atoms with Crippen molar-refractivity contribution in [3.8, 4) is 5.75 Å². The Labute approximate surface area is 133 Å². The number of nitro benzene ring substituents is 1. The zero-order chi connectivity index (χ0) is 16.8. The number of ether oxygens (including phenoxy) is 1. The molecule has 2 rings (SSSR count). The number of hydrogen-bond donors (Lipinski definition) is 1. The number of anilines is 1. The summed E-state index contributed by atoms with van der Waals surface area (Å²) in [5, 5.41) is 13.6. The molecule has 0 heterocycles. The number of aryl methyl sites for hydroxylation is 1. The molecule has 0 aliphatic rings. The molecule has 0 atom stereocenters. The van der Waals surface area contributed by atoms with Crippen LogP contribution in [-0.2, 0) is 0 Å². The van der Waals surface area contributed by atoms with Crippen LogP contribution in [0.15, 0.2) is 55.1 Å². The first-order chi connectivity index (χ1) is 11.0. The molecule has 0 aromatic heterocycles. The number of nitrogens with one attached hydrogen (secondary N) is 1. The van der Waals surface area contributed by atoms with E-state index in [0.717, 1.165) is 0 Å². The second kappa shape index (κ2) is 7.22. The molecule has 0 bridgehead atoms. The number of carbonyl (C=O) groups is 1. The van der Waals surface area contributed by atoms with E-state index in [1.54, 1.807) is 49.4 Å². The van der Waals surface area contributed by atoms with E-state index >= 15 is 0 Å². The largest absolute Gasteiger partial charge is 0.490 e. The van der Waals surface area contributed by atoms with Crippen molar-refractivity contribution in [2.24, 2.45) is 0 Å². The van der Waals surface area contributed by atoms with Crippen molar-refractivity contribution in [1.82, 2.24) is 0 Å². The van der Waals surface area contributed by atoms with Crippen molar-refractivity contribution >= 4 is 17.3 Å². The number of carbonyl (C=O) groups excluding carboxylic acids is 1. The molecule has 0 saturated heterocycles. The van der Waals surface area contributed by atoms with Crippen LogP contribution < -0.4 is 10.1 Å². The Balaban J connectivity index is 2.11. The summed E-state index contributed by atoms with van der Waals surface area (Å²) in [5.41, 5.74) is 1.24. The van der Waals surface area contributed by atoms with Crippen molar-refractivity contribution < 1.29 is 14.5 Å². The van der Waals surface area contributed by atoms with Gasteiger partial charge in [0, 0.05) is 22.9 Å². The first-order valence-electron chi connectivity index (χ1n) is 6.91. The Morgan fingerprint density at radius 1 is 1.30 bits per heavy atom. The summed E-state index contributed by atoms with van der Waals surface area (Å²) in [6, 6.07) is 11.2. The standard InChI is InChI=1S/C17H16N2O4/c1-3-10-23-15-8-6-14(7-9-15)18-17(20)13-5-4-12(2)16(11-13)19(21)22/h3-9,11H,1,10H2,2H3,(H,18,20). The van der Waals surface area contributed by atoms with Crippen LogP contribution in [0.25, 0.3) is 0 Å². The minimum atomic E-state index is -0.502. The molecule has 23 heavy (non-hydrogen) atoms. The normalized spacial score (nSPS) is 9.96. The van der Waals surface area contributed by atoms with Gasteiger partial charge in [0.1, 0.15) is 12.4 Å². The molecule has 0 unspecified atom stereocenters. The predicted molar refractivity (Wildman–Crippen MR) is 87.9 cm³/mol. The molecule has 0 radical (unpaired) electrons. The van der Waals surface area contributed by atoms with Gasteiger partial charge >= 0.3 is 0 Å². The zero-order valence-corrected chi connectivity index (χ0v) is 12.6. The Kier molecular flexibility index (Phi) is 5.09. The monoisotopic (exact) mass is 312 g/mol. The molecule has 2 aromatic carbocycles. The predicted octanol–water partition coefficient (Wildman–Crippen LogP) is 3.72. The minimum Gasteiger partial charge on any atom is -0.490 e. The third-order valence-corrected chi connectivity index (χ3v) is 3.15. The van der Waals surface area contributed by atoms with E-state index in [4.69, 9.17) is 4.74 Å². The first kappa shape index (κ1) is 16.2. The van der Waals surface area contributed by atoms with Crippen LogP contribution in [0, 0.1) is 17.0 Å². The highest BCUT2D eigenvalue weighted by molar-refractivity contribution is 6.04. The van der Waals surface area contributed by atoms with Gasteiger partial charge in [-0.15, -0.1) is 0 Å². The molecule has 0 saturated carbocycles. The topological polar surface area (TPSA) is 81.5 Å². The van der Waals surface area contributed by atoms with Crippen LogP contribution >= 0.6 is 0 Å². The van der Waals surface area contributed by atoms with Gasteiger partial charge in [-0.1, -0.05) is 18.7 Å². The summed E-state index contributed by atoms with van der Waals surface area (Å²) in [7, 11) is 0. The van der Waals surface area contributed by atoms with E-state index in [0.29, 0.717) is 23.6 Å². The van der Waals surface area contributed by atoms with Gasteiger partial charge in [-0.2, -0.15) is 0 Å². The summed E-state index contributed by atoms with van der Waals surface area (Å²) in [4.78, 5) is 22.6. The maximum absolute atomic E-state index is 12.2. The first-order valence-corrected chi connectivity index (χ1v) is 6.91. The lowest BCUT2D eigenvalue weighted by Crippen LogP contribution is -2.12. The maximum Gasteiger partial charge on any atom is 0.273 e. The summed E-state index contributed by atoms with van der Waals surface area (Å²) in [6.45, 7) is 5.59. The van der Waals surface area contributed by atoms with E-state index in [-0.39, 0.29) is 11.3 Å². The van der Waals surface area contributed by atoms with Gasteiger partial charge in [-0.3, -0.25) is 14.9 Å². The van der Waals surface area contributed by atoms with Crippen molar-refractivity contribution in [3.05, 3.63) is 76.4 Å². The fraction of sp³-hybridized carbons (Fsp3) is 0.118. The Bertz CT molecular complexity index is 739. The Hall–Kier alpha value is -3.15. The van der Waals surface area contributed by atoms with E-state index in [2.05, 4.69) is 11.9 Å². The molecular weight excluding hydrogens is 296 g/mol. The van der Waals surface area contributed by atoms with Crippen LogP contribution in [0.4, 0.5) is 11.4 Å².